The molecule has 1 aliphatic rings. The van der Waals surface area contributed by atoms with Gasteiger partial charge < -0.3 is 20.8 Å². The lowest BCUT2D eigenvalue weighted by Crippen LogP contribution is -2.50. The van der Waals surface area contributed by atoms with Crippen LogP contribution in [0.1, 0.15) is 36.6 Å². The number of hydrogen-bond acceptors (Lipinski definition) is 4. The second-order valence-corrected chi connectivity index (χ2v) is 5.84. The number of urea groups is 1. The molecule has 1 aromatic heterocycles. The first kappa shape index (κ1) is 14.8. The lowest BCUT2D eigenvalue weighted by Gasteiger charge is -2.28. The molecule has 110 valence electrons. The second-order valence-electron chi connectivity index (χ2n) is 4.86. The number of hydrogen-bond donors (Lipinski definition) is 4. The van der Waals surface area contributed by atoms with E-state index >= 15 is 0 Å². The highest BCUT2D eigenvalue weighted by molar-refractivity contribution is 7.10. The van der Waals surface area contributed by atoms with Crippen LogP contribution in [0, 0.1) is 0 Å². The molecule has 2 amide bonds. The van der Waals surface area contributed by atoms with Gasteiger partial charge in [0.15, 0.2) is 6.04 Å². The summed E-state index contributed by atoms with van der Waals surface area (Å²) in [4.78, 5) is 23.6. The fourth-order valence-electron chi connectivity index (χ4n) is 2.33. The molecule has 0 bridgehead atoms. The van der Waals surface area contributed by atoms with Crippen molar-refractivity contribution in [2.24, 2.45) is 0 Å². The third-order valence-electron chi connectivity index (χ3n) is 3.40. The number of rotatable bonds is 4. The summed E-state index contributed by atoms with van der Waals surface area (Å²) < 4.78 is 0. The van der Waals surface area contributed by atoms with E-state index in [9.17, 15) is 14.7 Å². The number of thiophene rings is 1. The summed E-state index contributed by atoms with van der Waals surface area (Å²) >= 11 is 1.28. The van der Waals surface area contributed by atoms with E-state index in [0.29, 0.717) is 17.7 Å². The zero-order valence-electron chi connectivity index (χ0n) is 10.9. The molecule has 1 heterocycles. The molecule has 3 atom stereocenters. The van der Waals surface area contributed by atoms with Crippen molar-refractivity contribution in [2.45, 2.75) is 43.9 Å². The van der Waals surface area contributed by atoms with E-state index in [-0.39, 0.29) is 6.04 Å². The molecule has 3 unspecified atom stereocenters. The molecule has 7 heteroatoms. The van der Waals surface area contributed by atoms with Crippen molar-refractivity contribution in [3.63, 3.8) is 0 Å². The summed E-state index contributed by atoms with van der Waals surface area (Å²) in [5.74, 6) is -1.10. The highest BCUT2D eigenvalue weighted by Crippen LogP contribution is 2.20. The first-order chi connectivity index (χ1) is 9.58. The normalized spacial score (nSPS) is 23.9. The first-order valence-corrected chi connectivity index (χ1v) is 7.47. The number of aliphatic hydroxyl groups excluding tert-OH is 1. The maximum atomic E-state index is 11.9. The van der Waals surface area contributed by atoms with Crippen LogP contribution < -0.4 is 10.6 Å². The van der Waals surface area contributed by atoms with Gasteiger partial charge in [-0.2, -0.15) is 0 Å². The molecule has 2 rings (SSSR count). The topological polar surface area (TPSA) is 98.7 Å². The zero-order chi connectivity index (χ0) is 14.5. The van der Waals surface area contributed by atoms with Crippen molar-refractivity contribution in [1.82, 2.24) is 10.6 Å². The number of aliphatic hydroxyl groups is 1. The summed E-state index contributed by atoms with van der Waals surface area (Å²) in [6.07, 6.45) is 2.73. The molecule has 1 fully saturated rings. The lowest BCUT2D eigenvalue weighted by atomic mass is 9.93. The summed E-state index contributed by atoms with van der Waals surface area (Å²) in [6.45, 7) is 0. The quantitative estimate of drug-likeness (QED) is 0.676. The number of nitrogens with one attached hydrogen (secondary N) is 2. The molecule has 0 radical (unpaired) electrons. The standard InChI is InChI=1S/C13H18N2O4S/c16-9-5-2-1-4-8(9)14-13(19)15-11(12(17)18)10-6-3-7-20-10/h3,6-9,11,16H,1-2,4-5H2,(H,17,18)(H2,14,15,19). The Labute approximate surface area is 120 Å². The maximum absolute atomic E-state index is 11.9. The van der Waals surface area contributed by atoms with Gasteiger partial charge in [0, 0.05) is 4.88 Å². The molecule has 0 aromatic carbocycles. The minimum absolute atomic E-state index is 0.304. The summed E-state index contributed by atoms with van der Waals surface area (Å²) in [5, 5.41) is 25.8. The smallest absolute Gasteiger partial charge is 0.331 e. The molecule has 0 saturated heterocycles. The highest BCUT2D eigenvalue weighted by Gasteiger charge is 2.27. The number of amides is 2. The predicted octanol–water partition coefficient (Wildman–Crippen LogP) is 1.48. The van der Waals surface area contributed by atoms with Crippen molar-refractivity contribution in [1.29, 1.82) is 0 Å². The van der Waals surface area contributed by atoms with Crippen molar-refractivity contribution in [3.05, 3.63) is 22.4 Å². The molecule has 4 N–H and O–H groups in total. The minimum atomic E-state index is -1.10. The third-order valence-corrected chi connectivity index (χ3v) is 4.33. The molecule has 6 nitrogen and oxygen atoms in total. The summed E-state index contributed by atoms with van der Waals surface area (Å²) in [7, 11) is 0. The van der Waals surface area contributed by atoms with Crippen LogP contribution in [0.25, 0.3) is 0 Å². The Balaban J connectivity index is 1.93. The molecule has 1 aromatic rings. The van der Waals surface area contributed by atoms with Gasteiger partial charge in [0.25, 0.3) is 0 Å². The monoisotopic (exact) mass is 298 g/mol. The molecule has 0 aliphatic heterocycles. The van der Waals surface area contributed by atoms with Crippen molar-refractivity contribution in [3.8, 4) is 0 Å². The summed E-state index contributed by atoms with van der Waals surface area (Å²) in [5.41, 5.74) is 0. The second kappa shape index (κ2) is 6.71. The average molecular weight is 298 g/mol. The van der Waals surface area contributed by atoms with Gasteiger partial charge in [-0.05, 0) is 24.3 Å². The molecule has 20 heavy (non-hydrogen) atoms. The van der Waals surface area contributed by atoms with Crippen molar-refractivity contribution < 1.29 is 19.8 Å². The Hall–Kier alpha value is -1.60. The largest absolute Gasteiger partial charge is 0.479 e. The van der Waals surface area contributed by atoms with Gasteiger partial charge in [0.05, 0.1) is 12.1 Å². The van der Waals surface area contributed by atoms with E-state index in [2.05, 4.69) is 10.6 Å². The Kier molecular flexibility index (Phi) is 4.97. The molecule has 0 spiro atoms. The molecular formula is C13H18N2O4S. The maximum Gasteiger partial charge on any atom is 0.331 e. The van der Waals surface area contributed by atoms with Gasteiger partial charge in [-0.25, -0.2) is 9.59 Å². The average Bonchev–Trinajstić information content (AvgIpc) is 2.92. The van der Waals surface area contributed by atoms with Crippen LogP contribution in [-0.4, -0.2) is 34.4 Å². The van der Waals surface area contributed by atoms with E-state index in [1.807, 2.05) is 0 Å². The Morgan fingerprint density at radius 3 is 2.70 bits per heavy atom. The van der Waals surface area contributed by atoms with Gasteiger partial charge in [-0.15, -0.1) is 11.3 Å². The molecular weight excluding hydrogens is 280 g/mol. The lowest BCUT2D eigenvalue weighted by molar-refractivity contribution is -0.139. The Bertz CT molecular complexity index is 463. The van der Waals surface area contributed by atoms with Gasteiger partial charge in [-0.1, -0.05) is 18.9 Å². The Morgan fingerprint density at radius 2 is 2.10 bits per heavy atom. The van der Waals surface area contributed by atoms with Crippen molar-refractivity contribution >= 4 is 23.3 Å². The van der Waals surface area contributed by atoms with Crippen LogP contribution in [0.4, 0.5) is 4.79 Å². The minimum Gasteiger partial charge on any atom is -0.479 e. The predicted molar refractivity (Wildman–Crippen MR) is 74.6 cm³/mol. The Morgan fingerprint density at radius 1 is 1.35 bits per heavy atom. The number of aliphatic carboxylic acids is 1. The van der Waals surface area contributed by atoms with E-state index in [1.54, 1.807) is 17.5 Å². The van der Waals surface area contributed by atoms with Crippen LogP contribution in [0.2, 0.25) is 0 Å². The van der Waals surface area contributed by atoms with Gasteiger partial charge in [0.2, 0.25) is 0 Å². The number of carboxylic acid groups (broad SMARTS) is 1. The molecule has 1 aliphatic carbocycles. The number of carboxylic acids is 1. The zero-order valence-corrected chi connectivity index (χ0v) is 11.7. The fourth-order valence-corrected chi connectivity index (χ4v) is 3.10. The van der Waals surface area contributed by atoms with Crippen LogP contribution in [0.5, 0.6) is 0 Å². The van der Waals surface area contributed by atoms with Crippen molar-refractivity contribution in [2.75, 3.05) is 0 Å². The van der Waals surface area contributed by atoms with Gasteiger partial charge >= 0.3 is 12.0 Å². The van der Waals surface area contributed by atoms with E-state index < -0.39 is 24.1 Å². The highest BCUT2D eigenvalue weighted by atomic mass is 32.1. The van der Waals surface area contributed by atoms with Crippen LogP contribution in [-0.2, 0) is 4.79 Å². The summed E-state index contributed by atoms with van der Waals surface area (Å²) in [6, 6.07) is 1.48. The third kappa shape index (κ3) is 3.71. The number of carbonyl (C=O) groups is 2. The fraction of sp³-hybridized carbons (Fsp3) is 0.538. The first-order valence-electron chi connectivity index (χ1n) is 6.59. The number of carbonyl (C=O) groups excluding carboxylic acids is 1. The van der Waals surface area contributed by atoms with Gasteiger partial charge in [0.1, 0.15) is 0 Å². The van der Waals surface area contributed by atoms with Crippen LogP contribution in [0.15, 0.2) is 17.5 Å². The van der Waals surface area contributed by atoms with Gasteiger partial charge in [-0.3, -0.25) is 0 Å². The van der Waals surface area contributed by atoms with E-state index in [0.717, 1.165) is 12.8 Å². The van der Waals surface area contributed by atoms with E-state index in [1.165, 1.54) is 11.3 Å². The molecule has 1 saturated carbocycles. The van der Waals surface area contributed by atoms with Crippen LogP contribution >= 0.6 is 11.3 Å². The van der Waals surface area contributed by atoms with Crippen LogP contribution in [0.3, 0.4) is 0 Å². The SMILES string of the molecule is O=C(NC(C(=O)O)c1cccs1)NC1CCCCC1O. The van der Waals surface area contributed by atoms with E-state index in [4.69, 9.17) is 5.11 Å².